The fourth-order valence-electron chi connectivity index (χ4n) is 4.43. The highest BCUT2D eigenvalue weighted by Crippen LogP contribution is 2.32. The number of hydrogen-bond acceptors (Lipinski definition) is 6. The van der Waals surface area contributed by atoms with Crippen molar-refractivity contribution in [2.24, 2.45) is 17.8 Å². The Hall–Kier alpha value is -2.99. The SMILES string of the molecule is COc1ccc(OCC2(COCc3ccccc3)OC(=O)/C(=C\CC(CC(C)C)CC(C)C)O2)cc1. The second-order valence-electron chi connectivity index (χ2n) is 10.3. The van der Waals surface area contributed by atoms with Gasteiger partial charge in [-0.3, -0.25) is 0 Å². The largest absolute Gasteiger partial charge is 0.497 e. The number of esters is 1. The molecule has 196 valence electrons. The third-order valence-corrected chi connectivity index (χ3v) is 5.97. The molecule has 2 aromatic carbocycles. The number of allylic oxidation sites excluding steroid dienone is 1. The molecule has 1 fully saturated rings. The predicted octanol–water partition coefficient (Wildman–Crippen LogP) is 6.54. The normalized spacial score (nSPS) is 18.7. The van der Waals surface area contributed by atoms with Gasteiger partial charge in [-0.25, -0.2) is 4.79 Å². The van der Waals surface area contributed by atoms with Gasteiger partial charge in [-0.15, -0.1) is 0 Å². The van der Waals surface area contributed by atoms with E-state index in [1.165, 1.54) is 0 Å². The number of methoxy groups -OCH3 is 1. The minimum Gasteiger partial charge on any atom is -0.497 e. The molecule has 0 spiro atoms. The van der Waals surface area contributed by atoms with E-state index < -0.39 is 11.8 Å². The number of hydrogen-bond donors (Lipinski definition) is 0. The molecule has 0 N–H and O–H groups in total. The van der Waals surface area contributed by atoms with E-state index in [-0.39, 0.29) is 19.0 Å². The summed E-state index contributed by atoms with van der Waals surface area (Å²) in [6.07, 6.45) is 4.84. The molecule has 3 rings (SSSR count). The van der Waals surface area contributed by atoms with Gasteiger partial charge in [-0.1, -0.05) is 58.0 Å². The predicted molar refractivity (Wildman–Crippen MR) is 140 cm³/mol. The maximum atomic E-state index is 12.8. The average molecular weight is 497 g/mol. The van der Waals surface area contributed by atoms with Crippen molar-refractivity contribution in [1.29, 1.82) is 0 Å². The van der Waals surface area contributed by atoms with Gasteiger partial charge >= 0.3 is 11.8 Å². The van der Waals surface area contributed by atoms with Gasteiger partial charge in [0.2, 0.25) is 5.76 Å². The molecule has 1 unspecified atom stereocenters. The molecule has 0 aliphatic carbocycles. The zero-order chi connectivity index (χ0) is 26.0. The summed E-state index contributed by atoms with van der Waals surface area (Å²) in [7, 11) is 1.61. The number of cyclic esters (lactones) is 1. The third-order valence-electron chi connectivity index (χ3n) is 5.97. The highest BCUT2D eigenvalue weighted by molar-refractivity contribution is 5.88. The van der Waals surface area contributed by atoms with Crippen LogP contribution in [-0.2, 0) is 25.6 Å². The zero-order valence-corrected chi connectivity index (χ0v) is 22.2. The van der Waals surface area contributed by atoms with Crippen LogP contribution in [-0.4, -0.2) is 32.1 Å². The fourth-order valence-corrected chi connectivity index (χ4v) is 4.43. The lowest BCUT2D eigenvalue weighted by Crippen LogP contribution is -2.42. The monoisotopic (exact) mass is 496 g/mol. The minimum absolute atomic E-state index is 0.00137. The molecular formula is C30H40O6. The highest BCUT2D eigenvalue weighted by Gasteiger charge is 2.47. The van der Waals surface area contributed by atoms with Crippen molar-refractivity contribution < 1.29 is 28.5 Å². The standard InChI is InChI=1S/C30H40O6/c1-22(2)17-25(18-23(3)4)11-16-28-29(31)36-30(35-28,20-33-19-24-9-7-6-8-10-24)21-34-27-14-12-26(32-5)13-15-27/h6-10,12-16,22-23,25H,11,17-21H2,1-5H3/b28-16+. The van der Waals surface area contributed by atoms with E-state index in [0.717, 1.165) is 30.6 Å². The molecule has 0 radical (unpaired) electrons. The van der Waals surface area contributed by atoms with Crippen molar-refractivity contribution in [3.8, 4) is 11.5 Å². The van der Waals surface area contributed by atoms with Gasteiger partial charge in [-0.05, 0) is 72.9 Å². The second kappa shape index (κ2) is 13.4. The number of rotatable bonds is 14. The van der Waals surface area contributed by atoms with E-state index in [2.05, 4.69) is 27.7 Å². The minimum atomic E-state index is -1.36. The highest BCUT2D eigenvalue weighted by atomic mass is 16.8. The average Bonchev–Trinajstić information content (AvgIpc) is 3.17. The lowest BCUT2D eigenvalue weighted by Gasteiger charge is -2.26. The molecule has 1 atom stereocenters. The zero-order valence-electron chi connectivity index (χ0n) is 22.2. The molecule has 0 saturated carbocycles. The second-order valence-corrected chi connectivity index (χ2v) is 10.3. The summed E-state index contributed by atoms with van der Waals surface area (Å²) in [6, 6.07) is 17.1. The summed E-state index contributed by atoms with van der Waals surface area (Å²) < 4.78 is 29.0. The quantitative estimate of drug-likeness (QED) is 0.218. The Morgan fingerprint density at radius 1 is 0.861 bits per heavy atom. The van der Waals surface area contributed by atoms with Crippen LogP contribution in [0.3, 0.4) is 0 Å². The molecule has 2 aromatic rings. The van der Waals surface area contributed by atoms with E-state index in [1.807, 2.05) is 48.5 Å². The van der Waals surface area contributed by atoms with Crippen LogP contribution in [0, 0.1) is 17.8 Å². The van der Waals surface area contributed by atoms with E-state index in [4.69, 9.17) is 23.7 Å². The summed E-state index contributed by atoms with van der Waals surface area (Å²) in [6.45, 7) is 9.33. The topological polar surface area (TPSA) is 63.2 Å². The van der Waals surface area contributed by atoms with Gasteiger partial charge in [0.25, 0.3) is 0 Å². The van der Waals surface area contributed by atoms with Crippen molar-refractivity contribution in [1.82, 2.24) is 0 Å². The molecular weight excluding hydrogens is 456 g/mol. The van der Waals surface area contributed by atoms with Crippen LogP contribution in [0.5, 0.6) is 11.5 Å². The fraction of sp³-hybridized carbons (Fsp3) is 0.500. The molecule has 6 nitrogen and oxygen atoms in total. The first-order valence-corrected chi connectivity index (χ1v) is 12.8. The molecule has 6 heteroatoms. The van der Waals surface area contributed by atoms with Crippen molar-refractivity contribution >= 4 is 5.97 Å². The van der Waals surface area contributed by atoms with Crippen molar-refractivity contribution in [2.75, 3.05) is 20.3 Å². The van der Waals surface area contributed by atoms with E-state index in [0.29, 0.717) is 30.1 Å². The van der Waals surface area contributed by atoms with Crippen LogP contribution in [0.15, 0.2) is 66.4 Å². The van der Waals surface area contributed by atoms with Gasteiger partial charge in [-0.2, -0.15) is 0 Å². The smallest absolute Gasteiger partial charge is 0.376 e. The number of ether oxygens (including phenoxy) is 5. The third kappa shape index (κ3) is 8.59. The molecule has 0 aromatic heterocycles. The van der Waals surface area contributed by atoms with Crippen molar-refractivity contribution in [3.05, 3.63) is 72.0 Å². The number of benzene rings is 2. The van der Waals surface area contributed by atoms with Crippen molar-refractivity contribution in [3.63, 3.8) is 0 Å². The summed E-state index contributed by atoms with van der Waals surface area (Å²) >= 11 is 0. The Morgan fingerprint density at radius 3 is 2.11 bits per heavy atom. The van der Waals surface area contributed by atoms with Gasteiger partial charge in [0, 0.05) is 0 Å². The summed E-state index contributed by atoms with van der Waals surface area (Å²) in [5.41, 5.74) is 1.02. The Bertz CT molecular complexity index is 957. The van der Waals surface area contributed by atoms with Crippen LogP contribution in [0.4, 0.5) is 0 Å². The van der Waals surface area contributed by atoms with Crippen LogP contribution in [0.2, 0.25) is 0 Å². The van der Waals surface area contributed by atoms with E-state index in [9.17, 15) is 4.79 Å². The van der Waals surface area contributed by atoms with Gasteiger partial charge < -0.3 is 23.7 Å². The Morgan fingerprint density at radius 2 is 1.50 bits per heavy atom. The van der Waals surface area contributed by atoms with Crippen molar-refractivity contribution in [2.45, 2.75) is 59.4 Å². The molecule has 0 bridgehead atoms. The Labute approximate surface area is 215 Å². The van der Waals surface area contributed by atoms with Crippen LogP contribution in [0.25, 0.3) is 0 Å². The first-order chi connectivity index (χ1) is 17.3. The van der Waals surface area contributed by atoms with E-state index >= 15 is 0 Å². The van der Waals surface area contributed by atoms with Gasteiger partial charge in [0.1, 0.15) is 18.1 Å². The molecule has 1 aliphatic heterocycles. The molecule has 1 aliphatic rings. The van der Waals surface area contributed by atoms with Gasteiger partial charge in [0.15, 0.2) is 6.61 Å². The number of carbonyl (C=O) groups excluding carboxylic acids is 1. The molecule has 36 heavy (non-hydrogen) atoms. The first-order valence-electron chi connectivity index (χ1n) is 12.8. The van der Waals surface area contributed by atoms with Crippen LogP contribution in [0.1, 0.15) is 52.5 Å². The Kier molecular flexibility index (Phi) is 10.2. The summed E-state index contributed by atoms with van der Waals surface area (Å²) in [5, 5.41) is 0. The lowest BCUT2D eigenvalue weighted by atomic mass is 9.87. The maximum Gasteiger partial charge on any atom is 0.376 e. The Balaban J connectivity index is 1.71. The maximum absolute atomic E-state index is 12.8. The van der Waals surface area contributed by atoms with Crippen LogP contribution >= 0.6 is 0 Å². The lowest BCUT2D eigenvalue weighted by molar-refractivity contribution is -0.207. The number of carbonyl (C=O) groups is 1. The van der Waals surface area contributed by atoms with Crippen LogP contribution < -0.4 is 9.47 Å². The first kappa shape index (κ1) is 27.6. The van der Waals surface area contributed by atoms with E-state index in [1.54, 1.807) is 19.2 Å². The summed E-state index contributed by atoms with van der Waals surface area (Å²) in [5.74, 6) is 1.40. The molecule has 0 amide bonds. The molecule has 1 saturated heterocycles. The molecule has 1 heterocycles. The van der Waals surface area contributed by atoms with Gasteiger partial charge in [0.05, 0.1) is 13.7 Å². The summed E-state index contributed by atoms with van der Waals surface area (Å²) in [4.78, 5) is 12.8.